The number of nitrogens with one attached hydrogen (secondary N) is 3. The molecule has 9 nitrogen and oxygen atoms in total. The third-order valence-electron chi connectivity index (χ3n) is 4.29. The van der Waals surface area contributed by atoms with Crippen molar-refractivity contribution in [2.24, 2.45) is 0 Å². The van der Waals surface area contributed by atoms with Gasteiger partial charge in [0.2, 0.25) is 0 Å². The molecule has 0 spiro atoms. The molecule has 0 radical (unpaired) electrons. The molecule has 1 aliphatic rings. The highest BCUT2D eigenvalue weighted by Crippen LogP contribution is 2.27. The zero-order chi connectivity index (χ0) is 19.6. The third-order valence-corrected chi connectivity index (χ3v) is 4.29. The minimum absolute atomic E-state index is 0.251. The number of benzene rings is 1. The van der Waals surface area contributed by atoms with Crippen LogP contribution < -0.4 is 16.1 Å². The Kier molecular flexibility index (Phi) is 4.68. The molecule has 27 heavy (non-hydrogen) atoms. The number of hydrazine groups is 1. The number of rotatable bonds is 5. The van der Waals surface area contributed by atoms with E-state index in [-0.39, 0.29) is 5.56 Å². The van der Waals surface area contributed by atoms with E-state index in [0.717, 1.165) is 0 Å². The van der Waals surface area contributed by atoms with Crippen molar-refractivity contribution in [3.8, 4) is 0 Å². The molecule has 0 bridgehead atoms. The van der Waals surface area contributed by atoms with Gasteiger partial charge in [-0.15, -0.1) is 0 Å². The van der Waals surface area contributed by atoms with Gasteiger partial charge in [0, 0.05) is 0 Å². The van der Waals surface area contributed by atoms with Crippen LogP contribution in [0.4, 0.5) is 4.79 Å². The summed E-state index contributed by atoms with van der Waals surface area (Å²) in [4.78, 5) is 49.2. The van der Waals surface area contributed by atoms with E-state index in [9.17, 15) is 19.2 Å². The smallest absolute Gasteiger partial charge is 0.344 e. The largest absolute Gasteiger partial charge is 0.472 e. The summed E-state index contributed by atoms with van der Waals surface area (Å²) in [5.74, 6) is -1.86. The fourth-order valence-electron chi connectivity index (χ4n) is 2.65. The predicted octanol–water partition coefficient (Wildman–Crippen LogP) is 0.896. The Labute approximate surface area is 154 Å². The molecule has 1 saturated heterocycles. The third kappa shape index (κ3) is 3.39. The SMILES string of the molecule is CC(NC(=O)c1ccoc1)C(=O)NN1C(=O)NC(C)(c2ccccc2)C1=O. The quantitative estimate of drug-likeness (QED) is 0.675. The zero-order valence-corrected chi connectivity index (χ0v) is 14.7. The highest BCUT2D eigenvalue weighted by atomic mass is 16.3. The minimum Gasteiger partial charge on any atom is -0.472 e. The van der Waals surface area contributed by atoms with Gasteiger partial charge in [-0.2, -0.15) is 5.01 Å². The molecule has 0 saturated carbocycles. The maximum Gasteiger partial charge on any atom is 0.344 e. The summed E-state index contributed by atoms with van der Waals surface area (Å²) in [6.07, 6.45) is 2.57. The van der Waals surface area contributed by atoms with Crippen LogP contribution in [-0.2, 0) is 15.1 Å². The molecule has 5 amide bonds. The van der Waals surface area contributed by atoms with Gasteiger partial charge >= 0.3 is 6.03 Å². The molecular weight excluding hydrogens is 352 g/mol. The topological polar surface area (TPSA) is 121 Å². The van der Waals surface area contributed by atoms with Crippen molar-refractivity contribution in [1.29, 1.82) is 0 Å². The number of nitrogens with zero attached hydrogens (tertiary/aromatic N) is 1. The number of carbonyl (C=O) groups is 4. The monoisotopic (exact) mass is 370 g/mol. The van der Waals surface area contributed by atoms with Gasteiger partial charge < -0.3 is 15.1 Å². The summed E-state index contributed by atoms with van der Waals surface area (Å²) < 4.78 is 4.81. The number of hydrogen-bond acceptors (Lipinski definition) is 5. The normalized spacial score (nSPS) is 20.1. The summed E-state index contributed by atoms with van der Waals surface area (Å²) in [6.45, 7) is 2.99. The number of imide groups is 1. The van der Waals surface area contributed by atoms with E-state index in [4.69, 9.17) is 4.42 Å². The number of hydrogen-bond donors (Lipinski definition) is 3. The van der Waals surface area contributed by atoms with Gasteiger partial charge in [-0.25, -0.2) is 4.79 Å². The molecule has 2 aromatic rings. The Morgan fingerprint density at radius 1 is 1.19 bits per heavy atom. The van der Waals surface area contributed by atoms with E-state index in [1.165, 1.54) is 25.5 Å². The molecule has 1 aromatic heterocycles. The standard InChI is InChI=1S/C18H18N4O5/c1-11(19-15(24)12-8-9-27-10-12)14(23)21-22-16(25)18(2,20-17(22)26)13-6-4-3-5-7-13/h3-11H,1-2H3,(H,19,24)(H,20,26)(H,21,23). The first-order valence-corrected chi connectivity index (χ1v) is 8.18. The molecule has 3 rings (SSSR count). The van der Waals surface area contributed by atoms with Gasteiger partial charge in [0.25, 0.3) is 17.7 Å². The van der Waals surface area contributed by atoms with Gasteiger partial charge in [-0.3, -0.25) is 19.8 Å². The van der Waals surface area contributed by atoms with Crippen LogP contribution in [-0.4, -0.2) is 34.8 Å². The Bertz CT molecular complexity index is 880. The van der Waals surface area contributed by atoms with Gasteiger partial charge in [0.15, 0.2) is 0 Å². The van der Waals surface area contributed by atoms with Gasteiger partial charge in [-0.05, 0) is 25.5 Å². The van der Waals surface area contributed by atoms with Crippen molar-refractivity contribution in [2.45, 2.75) is 25.4 Å². The van der Waals surface area contributed by atoms with E-state index in [2.05, 4.69) is 16.1 Å². The minimum atomic E-state index is -1.30. The summed E-state index contributed by atoms with van der Waals surface area (Å²) in [7, 11) is 0. The predicted molar refractivity (Wildman–Crippen MR) is 93.0 cm³/mol. The number of furan rings is 1. The van der Waals surface area contributed by atoms with Crippen LogP contribution in [0, 0.1) is 0 Å². The average molecular weight is 370 g/mol. The van der Waals surface area contributed by atoms with Crippen LogP contribution in [0.1, 0.15) is 29.8 Å². The van der Waals surface area contributed by atoms with Crippen LogP contribution in [0.25, 0.3) is 0 Å². The summed E-state index contributed by atoms with van der Waals surface area (Å²) in [6, 6.07) is 8.39. The van der Waals surface area contributed by atoms with Crippen LogP contribution in [0.5, 0.6) is 0 Å². The summed E-state index contributed by atoms with van der Waals surface area (Å²) in [5.41, 5.74) is 1.79. The second kappa shape index (κ2) is 6.94. The van der Waals surface area contributed by atoms with Crippen LogP contribution in [0.3, 0.4) is 0 Å². The van der Waals surface area contributed by atoms with Crippen molar-refractivity contribution < 1.29 is 23.6 Å². The van der Waals surface area contributed by atoms with Crippen LogP contribution in [0.2, 0.25) is 0 Å². The fourth-order valence-corrected chi connectivity index (χ4v) is 2.65. The highest BCUT2D eigenvalue weighted by Gasteiger charge is 2.50. The van der Waals surface area contributed by atoms with E-state index in [0.29, 0.717) is 10.6 Å². The molecule has 1 aromatic carbocycles. The average Bonchev–Trinajstić information content (AvgIpc) is 3.26. The maximum atomic E-state index is 12.7. The van der Waals surface area contributed by atoms with Crippen LogP contribution >= 0.6 is 0 Å². The maximum absolute atomic E-state index is 12.7. The first-order chi connectivity index (χ1) is 12.8. The Morgan fingerprint density at radius 2 is 1.89 bits per heavy atom. The lowest BCUT2D eigenvalue weighted by Gasteiger charge is -2.22. The molecule has 3 N–H and O–H groups in total. The Balaban J connectivity index is 1.68. The molecule has 140 valence electrons. The molecule has 1 aliphatic heterocycles. The number of urea groups is 1. The lowest BCUT2D eigenvalue weighted by Crippen LogP contribution is -2.54. The van der Waals surface area contributed by atoms with Gasteiger partial charge in [0.05, 0.1) is 11.8 Å². The van der Waals surface area contributed by atoms with Crippen molar-refractivity contribution in [3.63, 3.8) is 0 Å². The van der Waals surface area contributed by atoms with Crippen molar-refractivity contribution in [3.05, 3.63) is 60.1 Å². The summed E-state index contributed by atoms with van der Waals surface area (Å²) in [5, 5.41) is 5.66. The molecule has 1 fully saturated rings. The lowest BCUT2D eigenvalue weighted by molar-refractivity contribution is -0.139. The molecular formula is C18H18N4O5. The van der Waals surface area contributed by atoms with E-state index < -0.39 is 35.3 Å². The first kappa shape index (κ1) is 18.2. The van der Waals surface area contributed by atoms with E-state index in [1.807, 2.05) is 0 Å². The molecule has 0 aliphatic carbocycles. The van der Waals surface area contributed by atoms with Crippen molar-refractivity contribution in [2.75, 3.05) is 0 Å². The molecule has 9 heteroatoms. The Morgan fingerprint density at radius 3 is 2.52 bits per heavy atom. The molecule has 2 unspecified atom stereocenters. The Hall–Kier alpha value is -3.62. The van der Waals surface area contributed by atoms with Crippen molar-refractivity contribution >= 4 is 23.8 Å². The van der Waals surface area contributed by atoms with Crippen molar-refractivity contribution in [1.82, 2.24) is 21.1 Å². The lowest BCUT2D eigenvalue weighted by atomic mass is 9.92. The van der Waals surface area contributed by atoms with Gasteiger partial charge in [-0.1, -0.05) is 30.3 Å². The first-order valence-electron chi connectivity index (χ1n) is 8.18. The fraction of sp³-hybridized carbons (Fsp3) is 0.222. The van der Waals surface area contributed by atoms with E-state index in [1.54, 1.807) is 37.3 Å². The number of amides is 5. The second-order valence-electron chi connectivity index (χ2n) is 6.24. The van der Waals surface area contributed by atoms with Gasteiger partial charge in [0.1, 0.15) is 17.8 Å². The van der Waals surface area contributed by atoms with E-state index >= 15 is 0 Å². The summed E-state index contributed by atoms with van der Waals surface area (Å²) >= 11 is 0. The zero-order valence-electron chi connectivity index (χ0n) is 14.7. The number of carbonyl (C=O) groups excluding carboxylic acids is 4. The highest BCUT2D eigenvalue weighted by molar-refractivity contribution is 6.08. The second-order valence-corrected chi connectivity index (χ2v) is 6.24. The molecule has 2 atom stereocenters. The molecule has 2 heterocycles. The van der Waals surface area contributed by atoms with Crippen LogP contribution in [0.15, 0.2) is 53.3 Å².